The fourth-order valence-corrected chi connectivity index (χ4v) is 3.17. The van der Waals surface area contributed by atoms with Crippen LogP contribution in [-0.2, 0) is 19.5 Å². The second kappa shape index (κ2) is 16.0. The number of carboxylic acid groups (broad SMARTS) is 3. The zero-order chi connectivity index (χ0) is 29.8. The second-order valence-electron chi connectivity index (χ2n) is 7.61. The average Bonchev–Trinajstić information content (AvgIpc) is 3.50. The van der Waals surface area contributed by atoms with E-state index in [0.29, 0.717) is 0 Å². The first kappa shape index (κ1) is 32.9. The van der Waals surface area contributed by atoms with E-state index in [1.54, 1.807) is 12.4 Å². The minimum atomic E-state index is -1.28. The maximum atomic E-state index is 11.4. The molecule has 0 saturated carbocycles. The maximum Gasteiger partial charge on any atom is 2.00 e. The van der Waals surface area contributed by atoms with Gasteiger partial charge in [0.2, 0.25) is 0 Å². The molecule has 0 atom stereocenters. The molecule has 210 valence electrons. The molecule has 0 bridgehead atoms. The molecule has 0 fully saturated rings. The van der Waals surface area contributed by atoms with E-state index in [2.05, 4.69) is 42.4 Å². The number of pyridine rings is 4. The van der Waals surface area contributed by atoms with Crippen molar-refractivity contribution in [3.8, 4) is 34.2 Å². The summed E-state index contributed by atoms with van der Waals surface area (Å²) in [5, 5.41) is 42.9. The third-order valence-corrected chi connectivity index (χ3v) is 4.95. The number of aromatic nitrogens is 6. The Balaban J connectivity index is 0.000000320. The molecule has 0 aliphatic rings. The SMILES string of the molecule is O=C(O)c1ccnc(-c2cc(C(=O)O)cc(-c3cc(C(=O)O)n[n-]3)n2)c1.[N-]=C=S.[Ru+2].c1ccc(-c2ccccn2)nc1. The van der Waals surface area contributed by atoms with Gasteiger partial charge in [-0.3, -0.25) is 15.0 Å². The van der Waals surface area contributed by atoms with Gasteiger partial charge < -0.3 is 30.9 Å². The Kier molecular flexibility index (Phi) is 12.5. The van der Waals surface area contributed by atoms with Gasteiger partial charge >= 0.3 is 37.4 Å². The van der Waals surface area contributed by atoms with Gasteiger partial charge in [-0.05, 0) is 54.6 Å². The molecule has 5 aromatic rings. The fourth-order valence-electron chi connectivity index (χ4n) is 3.17. The molecule has 0 amide bonds. The van der Waals surface area contributed by atoms with Crippen molar-refractivity contribution in [2.75, 3.05) is 0 Å². The van der Waals surface area contributed by atoms with E-state index in [0.717, 1.165) is 17.5 Å². The van der Waals surface area contributed by atoms with E-state index in [1.807, 2.05) is 36.4 Å². The number of aromatic carboxylic acids is 3. The second-order valence-corrected chi connectivity index (χ2v) is 7.79. The van der Waals surface area contributed by atoms with Crippen LogP contribution in [0.5, 0.6) is 0 Å². The summed E-state index contributed by atoms with van der Waals surface area (Å²) < 4.78 is 0. The third kappa shape index (κ3) is 9.10. The van der Waals surface area contributed by atoms with Gasteiger partial charge in [0.1, 0.15) is 5.69 Å². The van der Waals surface area contributed by atoms with Crippen LogP contribution in [0.3, 0.4) is 0 Å². The summed E-state index contributed by atoms with van der Waals surface area (Å²) in [5.41, 5.74) is 1.72. The quantitative estimate of drug-likeness (QED) is 0.132. The van der Waals surface area contributed by atoms with Crippen LogP contribution in [0, 0.1) is 0 Å². The summed E-state index contributed by atoms with van der Waals surface area (Å²) in [4.78, 5) is 50.0. The van der Waals surface area contributed by atoms with E-state index in [-0.39, 0.29) is 59.1 Å². The number of carbonyl (C=O) groups is 3. The largest absolute Gasteiger partial charge is 2.00 e. The maximum absolute atomic E-state index is 11.4. The van der Waals surface area contributed by atoms with Crippen molar-refractivity contribution >= 4 is 35.3 Å². The Labute approximate surface area is 255 Å². The summed E-state index contributed by atoms with van der Waals surface area (Å²) >= 11 is 3.70. The van der Waals surface area contributed by atoms with Crippen molar-refractivity contribution in [3.63, 3.8) is 0 Å². The molecule has 15 heteroatoms. The first-order chi connectivity index (χ1) is 19.7. The van der Waals surface area contributed by atoms with Gasteiger partial charge in [0.05, 0.1) is 39.6 Å². The minimum absolute atomic E-state index is 0. The zero-order valence-corrected chi connectivity index (χ0v) is 23.6. The summed E-state index contributed by atoms with van der Waals surface area (Å²) in [6, 6.07) is 17.7. The summed E-state index contributed by atoms with van der Waals surface area (Å²) in [5.74, 6) is -3.70. The Morgan fingerprint density at radius 3 is 1.69 bits per heavy atom. The molecular formula is C27H17N7O6RuS. The van der Waals surface area contributed by atoms with Crippen LogP contribution in [0.4, 0.5) is 0 Å². The molecule has 0 unspecified atom stereocenters. The molecule has 42 heavy (non-hydrogen) atoms. The van der Waals surface area contributed by atoms with E-state index < -0.39 is 17.9 Å². The predicted molar refractivity (Wildman–Crippen MR) is 148 cm³/mol. The molecule has 0 aromatic carbocycles. The van der Waals surface area contributed by atoms with Crippen LogP contribution >= 0.6 is 12.2 Å². The number of hydrogen-bond acceptors (Lipinski definition) is 9. The number of carboxylic acids is 3. The topological polar surface area (TPSA) is 213 Å². The normalized spacial score (nSPS) is 9.43. The van der Waals surface area contributed by atoms with Crippen LogP contribution < -0.4 is 5.10 Å². The summed E-state index contributed by atoms with van der Waals surface area (Å²) in [7, 11) is 0. The standard InChI is InChI=1S/C16H10N4O6.C10H8N2.CNS.Ru/c21-14(22)7-1-2-17-9(3-7)10-4-8(15(23)24)5-11(18-10)12-6-13(16(25)26)20-19-12;1-3-7-11-9(5-1)10-6-2-4-8-12-10;2-1-3;/h1-6H,(H4,18,19,20,21,22,23,24,25,26);1-8H;;/q;;-1;+2/p-1. The molecular weight excluding hydrogens is 651 g/mol. The monoisotopic (exact) mass is 669 g/mol. The van der Waals surface area contributed by atoms with Gasteiger partial charge in [-0.25, -0.2) is 19.4 Å². The molecule has 5 aromatic heterocycles. The zero-order valence-electron chi connectivity index (χ0n) is 21.0. The molecule has 0 spiro atoms. The van der Waals surface area contributed by atoms with Crippen molar-refractivity contribution < 1.29 is 49.2 Å². The molecule has 0 aliphatic heterocycles. The van der Waals surface area contributed by atoms with Crippen molar-refractivity contribution in [2.45, 2.75) is 0 Å². The van der Waals surface area contributed by atoms with Gasteiger partial charge in [0.15, 0.2) is 0 Å². The van der Waals surface area contributed by atoms with Crippen molar-refractivity contribution in [1.29, 1.82) is 0 Å². The average molecular weight is 669 g/mol. The Hall–Kier alpha value is -5.36. The minimum Gasteiger partial charge on any atom is -0.753 e. The Bertz CT molecular complexity index is 1680. The first-order valence-electron chi connectivity index (χ1n) is 11.3. The summed E-state index contributed by atoms with van der Waals surface area (Å²) in [6.07, 6.45) is 4.80. The van der Waals surface area contributed by atoms with Crippen LogP contribution in [-0.4, -0.2) is 63.4 Å². The van der Waals surface area contributed by atoms with E-state index in [9.17, 15) is 19.5 Å². The molecule has 13 nitrogen and oxygen atoms in total. The molecule has 0 aliphatic carbocycles. The number of nitrogens with zero attached hydrogens (tertiary/aromatic N) is 7. The summed E-state index contributed by atoms with van der Waals surface area (Å²) in [6.45, 7) is 0. The number of thiocarbonyl (C=S) groups is 1. The molecule has 0 radical (unpaired) electrons. The predicted octanol–water partition coefficient (Wildman–Crippen LogP) is 4.06. The van der Waals surface area contributed by atoms with Crippen LogP contribution in [0.25, 0.3) is 39.6 Å². The van der Waals surface area contributed by atoms with Gasteiger partial charge in [-0.2, -0.15) is 5.16 Å². The fraction of sp³-hybridized carbons (Fsp3) is 0. The Morgan fingerprint density at radius 2 is 1.21 bits per heavy atom. The van der Waals surface area contributed by atoms with Gasteiger partial charge in [-0.1, -0.05) is 30.0 Å². The van der Waals surface area contributed by atoms with Crippen molar-refractivity contribution in [2.24, 2.45) is 0 Å². The molecule has 3 N–H and O–H groups in total. The van der Waals surface area contributed by atoms with Gasteiger partial charge in [-0.15, -0.1) is 0 Å². The van der Waals surface area contributed by atoms with E-state index >= 15 is 0 Å². The first-order valence-corrected chi connectivity index (χ1v) is 11.7. The molecule has 5 rings (SSSR count). The van der Waals surface area contributed by atoms with Gasteiger partial charge in [0, 0.05) is 18.6 Å². The number of isothiocyanates is 1. The number of rotatable bonds is 6. The van der Waals surface area contributed by atoms with Crippen molar-refractivity contribution in [1.82, 2.24) is 30.1 Å². The van der Waals surface area contributed by atoms with Crippen molar-refractivity contribution in [3.05, 3.63) is 108 Å². The van der Waals surface area contributed by atoms with Gasteiger partial charge in [0.25, 0.3) is 0 Å². The Morgan fingerprint density at radius 1 is 0.690 bits per heavy atom. The molecule has 0 saturated heterocycles. The number of hydrogen-bond donors (Lipinski definition) is 3. The smallest absolute Gasteiger partial charge is 0.753 e. The third-order valence-electron chi connectivity index (χ3n) is 4.95. The van der Waals surface area contributed by atoms with E-state index in [4.69, 9.17) is 15.6 Å². The van der Waals surface area contributed by atoms with Crippen LogP contribution in [0.1, 0.15) is 31.2 Å². The van der Waals surface area contributed by atoms with E-state index in [1.165, 1.54) is 35.6 Å². The van der Waals surface area contributed by atoms with Crippen LogP contribution in [0.15, 0.2) is 85.3 Å². The molecule has 5 heterocycles. The van der Waals surface area contributed by atoms with Crippen LogP contribution in [0.2, 0.25) is 0 Å².